The van der Waals surface area contributed by atoms with Crippen LogP contribution in [0.25, 0.3) is 0 Å². The minimum absolute atomic E-state index is 0.210. The quantitative estimate of drug-likeness (QED) is 0.789. The summed E-state index contributed by atoms with van der Waals surface area (Å²) in [6, 6.07) is 7.88. The van der Waals surface area contributed by atoms with Crippen LogP contribution in [-0.2, 0) is 14.8 Å². The molecule has 16 heavy (non-hydrogen) atoms. The Morgan fingerprint density at radius 3 is 2.06 bits per heavy atom. The molecule has 0 spiro atoms. The number of benzene rings is 1. The summed E-state index contributed by atoms with van der Waals surface area (Å²) < 4.78 is 23.4. The Bertz CT molecular complexity index is 580. The van der Waals surface area contributed by atoms with Crippen LogP contribution in [0.2, 0.25) is 0 Å². The molecule has 0 bridgehead atoms. The minimum Gasteiger partial charge on any atom is -0.266 e. The van der Waals surface area contributed by atoms with Gasteiger partial charge in [0.2, 0.25) is 0 Å². The highest BCUT2D eigenvalue weighted by Crippen LogP contribution is 2.36. The summed E-state index contributed by atoms with van der Waals surface area (Å²) in [5.41, 5.74) is 0.210. The van der Waals surface area contributed by atoms with Crippen molar-refractivity contribution in [2.24, 2.45) is 0 Å². The van der Waals surface area contributed by atoms with Crippen LogP contribution in [0, 0.1) is 0 Å². The highest BCUT2D eigenvalue weighted by molar-refractivity contribution is 7.99. The predicted molar refractivity (Wildman–Crippen MR) is 61.6 cm³/mol. The highest BCUT2D eigenvalue weighted by atomic mass is 35.5. The molecule has 0 N–H and O–H groups in total. The predicted octanol–water partition coefficient (Wildman–Crippen LogP) is 2.01. The zero-order valence-corrected chi connectivity index (χ0v) is 10.1. The van der Waals surface area contributed by atoms with Gasteiger partial charge in [-0.1, -0.05) is 41.4 Å². The molecule has 1 aromatic rings. The van der Waals surface area contributed by atoms with Crippen molar-refractivity contribution in [2.45, 2.75) is 0 Å². The Balaban J connectivity index is 2.60. The lowest BCUT2D eigenvalue weighted by atomic mass is 10.3. The first-order valence-electron chi connectivity index (χ1n) is 4.16. The van der Waals surface area contributed by atoms with Crippen LogP contribution in [0.5, 0.6) is 0 Å². The number of rotatable bonds is 1. The summed E-state index contributed by atoms with van der Waals surface area (Å²) in [6.45, 7) is 0. The standard InChI is InChI=1S/C9H5Cl2NO3S/c10-7-8(11)16(14,15)12(9(7)13)6-4-2-1-3-5-6/h1-5H. The average Bonchev–Trinajstić information content (AvgIpc) is 2.41. The summed E-state index contributed by atoms with van der Waals surface area (Å²) in [5, 5.41) is -0.481. The van der Waals surface area contributed by atoms with Crippen molar-refractivity contribution >= 4 is 44.8 Å². The third-order valence-electron chi connectivity index (χ3n) is 2.00. The van der Waals surface area contributed by atoms with Crippen LogP contribution >= 0.6 is 23.2 Å². The van der Waals surface area contributed by atoms with E-state index in [4.69, 9.17) is 23.2 Å². The smallest absolute Gasteiger partial charge is 0.266 e. The number of carbonyl (C=O) groups excluding carboxylic acids is 1. The Hall–Kier alpha value is -1.04. The van der Waals surface area contributed by atoms with Gasteiger partial charge in [-0.2, -0.15) is 12.7 Å². The number of anilines is 1. The van der Waals surface area contributed by atoms with E-state index in [-0.39, 0.29) is 5.69 Å². The van der Waals surface area contributed by atoms with Gasteiger partial charge in [-0.3, -0.25) is 4.79 Å². The summed E-state index contributed by atoms with van der Waals surface area (Å²) >= 11 is 11.0. The van der Waals surface area contributed by atoms with E-state index in [1.165, 1.54) is 12.1 Å². The second-order valence-electron chi connectivity index (χ2n) is 3.00. The molecule has 1 aliphatic heterocycles. The molecule has 7 heteroatoms. The second kappa shape index (κ2) is 3.76. The van der Waals surface area contributed by atoms with Crippen LogP contribution in [0.3, 0.4) is 0 Å². The topological polar surface area (TPSA) is 54.5 Å². The fourth-order valence-electron chi connectivity index (χ4n) is 1.30. The van der Waals surface area contributed by atoms with Gasteiger partial charge in [-0.05, 0) is 12.1 Å². The first-order chi connectivity index (χ1) is 7.46. The molecule has 1 amide bonds. The number of amides is 1. The van der Waals surface area contributed by atoms with E-state index in [0.717, 1.165) is 0 Å². The number of nitrogens with zero attached hydrogens (tertiary/aromatic N) is 1. The zero-order chi connectivity index (χ0) is 11.9. The van der Waals surface area contributed by atoms with E-state index in [1.54, 1.807) is 18.2 Å². The summed E-state index contributed by atoms with van der Waals surface area (Å²) in [5.74, 6) is -0.835. The summed E-state index contributed by atoms with van der Waals surface area (Å²) in [7, 11) is -4.02. The normalized spacial score (nSPS) is 19.4. The summed E-state index contributed by atoms with van der Waals surface area (Å²) in [4.78, 5) is 11.6. The molecular weight excluding hydrogens is 273 g/mol. The fourth-order valence-corrected chi connectivity index (χ4v) is 3.19. The number of carbonyl (C=O) groups is 1. The monoisotopic (exact) mass is 277 g/mol. The minimum atomic E-state index is -4.02. The maximum Gasteiger partial charge on any atom is 0.286 e. The Kier molecular flexibility index (Phi) is 2.69. The van der Waals surface area contributed by atoms with Gasteiger partial charge in [-0.15, -0.1) is 0 Å². The van der Waals surface area contributed by atoms with Gasteiger partial charge in [0, 0.05) is 0 Å². The van der Waals surface area contributed by atoms with Crippen LogP contribution in [0.4, 0.5) is 5.69 Å². The number of hydrogen-bond donors (Lipinski definition) is 0. The van der Waals surface area contributed by atoms with E-state index in [0.29, 0.717) is 4.31 Å². The molecule has 0 saturated carbocycles. The molecule has 1 heterocycles. The van der Waals surface area contributed by atoms with Crippen molar-refractivity contribution in [1.29, 1.82) is 0 Å². The molecule has 1 aliphatic rings. The lowest BCUT2D eigenvalue weighted by Crippen LogP contribution is -2.30. The third-order valence-corrected chi connectivity index (χ3v) is 4.85. The Morgan fingerprint density at radius 2 is 1.62 bits per heavy atom. The molecule has 0 aromatic heterocycles. The van der Waals surface area contributed by atoms with Crippen LogP contribution in [0.15, 0.2) is 39.7 Å². The first kappa shape index (κ1) is 11.4. The molecule has 2 rings (SSSR count). The van der Waals surface area contributed by atoms with Crippen molar-refractivity contribution in [3.63, 3.8) is 0 Å². The molecule has 0 atom stereocenters. The van der Waals surface area contributed by atoms with E-state index < -0.39 is 25.3 Å². The van der Waals surface area contributed by atoms with Gasteiger partial charge in [0.05, 0.1) is 5.69 Å². The van der Waals surface area contributed by atoms with Gasteiger partial charge in [0.15, 0.2) is 4.36 Å². The van der Waals surface area contributed by atoms with Crippen molar-refractivity contribution < 1.29 is 13.2 Å². The molecule has 1 aromatic carbocycles. The van der Waals surface area contributed by atoms with Crippen molar-refractivity contribution in [3.8, 4) is 0 Å². The molecule has 0 radical (unpaired) electrons. The number of halogens is 2. The van der Waals surface area contributed by atoms with Crippen LogP contribution in [-0.4, -0.2) is 14.3 Å². The van der Waals surface area contributed by atoms with Crippen molar-refractivity contribution in [2.75, 3.05) is 4.31 Å². The lowest BCUT2D eigenvalue weighted by molar-refractivity contribution is -0.113. The van der Waals surface area contributed by atoms with Gasteiger partial charge >= 0.3 is 0 Å². The zero-order valence-electron chi connectivity index (χ0n) is 7.72. The molecule has 0 unspecified atom stereocenters. The average molecular weight is 278 g/mol. The molecular formula is C9H5Cl2NO3S. The number of hydrogen-bond acceptors (Lipinski definition) is 3. The van der Waals surface area contributed by atoms with Crippen LogP contribution < -0.4 is 4.31 Å². The summed E-state index contributed by atoms with van der Waals surface area (Å²) in [6.07, 6.45) is 0. The molecule has 0 aliphatic carbocycles. The molecule has 0 saturated heterocycles. The van der Waals surface area contributed by atoms with Gasteiger partial charge in [0.1, 0.15) is 5.03 Å². The molecule has 84 valence electrons. The van der Waals surface area contributed by atoms with E-state index in [1.807, 2.05) is 0 Å². The van der Waals surface area contributed by atoms with Gasteiger partial charge in [-0.25, -0.2) is 0 Å². The largest absolute Gasteiger partial charge is 0.286 e. The highest BCUT2D eigenvalue weighted by Gasteiger charge is 2.43. The maximum atomic E-state index is 11.7. The molecule has 0 fully saturated rings. The van der Waals surface area contributed by atoms with E-state index in [9.17, 15) is 13.2 Å². The van der Waals surface area contributed by atoms with E-state index in [2.05, 4.69) is 0 Å². The van der Waals surface area contributed by atoms with Gasteiger partial charge in [0.25, 0.3) is 15.9 Å². The van der Waals surface area contributed by atoms with Crippen molar-refractivity contribution in [1.82, 2.24) is 0 Å². The third kappa shape index (κ3) is 1.52. The van der Waals surface area contributed by atoms with Crippen molar-refractivity contribution in [3.05, 3.63) is 39.7 Å². The first-order valence-corrected chi connectivity index (χ1v) is 6.36. The van der Waals surface area contributed by atoms with E-state index >= 15 is 0 Å². The SMILES string of the molecule is O=C1C(Cl)=C(Cl)S(=O)(=O)N1c1ccccc1. The molecule has 4 nitrogen and oxygen atoms in total. The lowest BCUT2D eigenvalue weighted by Gasteiger charge is -2.14. The Labute approximate surface area is 102 Å². The van der Waals surface area contributed by atoms with Crippen LogP contribution in [0.1, 0.15) is 0 Å². The number of sulfonamides is 1. The Morgan fingerprint density at radius 1 is 1.06 bits per heavy atom. The fraction of sp³-hybridized carbons (Fsp3) is 0. The van der Waals surface area contributed by atoms with Gasteiger partial charge < -0.3 is 0 Å². The number of para-hydroxylation sites is 1. The maximum absolute atomic E-state index is 11.7. The second-order valence-corrected chi connectivity index (χ2v) is 5.70.